The van der Waals surface area contributed by atoms with Crippen molar-refractivity contribution in [2.75, 3.05) is 5.32 Å². The highest BCUT2D eigenvalue weighted by atomic mass is 14.9. The molecule has 0 aliphatic rings. The minimum atomic E-state index is 0.586. The van der Waals surface area contributed by atoms with Gasteiger partial charge in [-0.1, -0.05) is 19.2 Å². The number of benzene rings is 1. The van der Waals surface area contributed by atoms with Crippen LogP contribution in [-0.4, -0.2) is 5.71 Å². The summed E-state index contributed by atoms with van der Waals surface area (Å²) in [6.45, 7) is 13.4. The van der Waals surface area contributed by atoms with E-state index in [-0.39, 0.29) is 0 Å². The van der Waals surface area contributed by atoms with Crippen molar-refractivity contribution in [3.8, 4) is 0 Å². The quantitative estimate of drug-likeness (QED) is 0.579. The second-order valence-corrected chi connectivity index (χ2v) is 4.04. The summed E-state index contributed by atoms with van der Waals surface area (Å²) >= 11 is 0. The van der Waals surface area contributed by atoms with E-state index in [9.17, 15) is 0 Å². The molecule has 0 aliphatic heterocycles. The lowest BCUT2D eigenvalue weighted by Crippen LogP contribution is -2.01. The van der Waals surface area contributed by atoms with Crippen molar-refractivity contribution >= 4 is 11.4 Å². The molecule has 0 unspecified atom stereocenters. The number of anilines is 1. The number of rotatable bonds is 4. The van der Waals surface area contributed by atoms with Gasteiger partial charge in [0, 0.05) is 17.1 Å². The molecule has 1 aromatic carbocycles. The van der Waals surface area contributed by atoms with Gasteiger partial charge in [-0.3, -0.25) is 0 Å². The minimum Gasteiger partial charge on any atom is -0.356 e. The smallest absolute Gasteiger partial charge is 0.0387 e. The molecule has 0 amide bonds. The third kappa shape index (κ3) is 2.83. The van der Waals surface area contributed by atoms with Gasteiger partial charge in [-0.15, -0.1) is 0 Å². The molecule has 0 aliphatic carbocycles. The summed E-state index contributed by atoms with van der Waals surface area (Å²) in [6, 6.07) is 5.92. The van der Waals surface area contributed by atoms with Gasteiger partial charge in [-0.05, 0) is 49.6 Å². The average Bonchev–Trinajstić information content (AvgIpc) is 2.16. The highest BCUT2D eigenvalue weighted by molar-refractivity contribution is 5.97. The van der Waals surface area contributed by atoms with Gasteiger partial charge in [-0.25, -0.2) is 0 Å². The predicted octanol–water partition coefficient (Wildman–Crippen LogP) is 3.88. The Labute approximate surface area is 97.2 Å². The summed E-state index contributed by atoms with van der Waals surface area (Å²) in [5.74, 6) is 0. The zero-order valence-corrected chi connectivity index (χ0v) is 10.1. The first-order chi connectivity index (χ1) is 7.41. The van der Waals surface area contributed by atoms with Crippen molar-refractivity contribution < 1.29 is 0 Å². The molecule has 2 nitrogen and oxygen atoms in total. The van der Waals surface area contributed by atoms with E-state index < -0.39 is 0 Å². The summed E-state index contributed by atoms with van der Waals surface area (Å²) in [6.07, 6.45) is 0. The molecule has 0 atom stereocenters. The number of hydrogen-bond acceptors (Lipinski definition) is 2. The van der Waals surface area contributed by atoms with Gasteiger partial charge in [0.1, 0.15) is 0 Å². The molecule has 0 saturated carbocycles. The van der Waals surface area contributed by atoms with Crippen LogP contribution < -0.4 is 5.32 Å². The third-order valence-electron chi connectivity index (χ3n) is 2.44. The first kappa shape index (κ1) is 12.2. The molecule has 0 saturated heterocycles. The lowest BCUT2D eigenvalue weighted by atomic mass is 10.0. The third-order valence-corrected chi connectivity index (χ3v) is 2.44. The molecular formula is C14H18N2. The second kappa shape index (κ2) is 4.79. The first-order valence-electron chi connectivity index (χ1n) is 5.20. The molecule has 84 valence electrons. The van der Waals surface area contributed by atoms with Crippen LogP contribution in [0, 0.1) is 12.3 Å². The summed E-state index contributed by atoms with van der Waals surface area (Å²) < 4.78 is 0. The molecular weight excluding hydrogens is 196 g/mol. The maximum absolute atomic E-state index is 7.60. The Bertz CT molecular complexity index is 456. The summed E-state index contributed by atoms with van der Waals surface area (Å²) in [5.41, 5.74) is 5.38. The Kier molecular flexibility index (Phi) is 3.67. The number of nitrogens with one attached hydrogen (secondary N) is 2. The maximum atomic E-state index is 7.60. The lowest BCUT2D eigenvalue weighted by molar-refractivity contribution is 1.34. The van der Waals surface area contributed by atoms with Gasteiger partial charge < -0.3 is 10.7 Å². The number of allylic oxidation sites excluding steroid dienone is 1. The van der Waals surface area contributed by atoms with Gasteiger partial charge >= 0.3 is 0 Å². The van der Waals surface area contributed by atoms with Crippen LogP contribution in [0.4, 0.5) is 5.69 Å². The number of aryl methyl sites for hydroxylation is 1. The van der Waals surface area contributed by atoms with Crippen LogP contribution in [0.1, 0.15) is 25.0 Å². The molecule has 1 rings (SSSR count). The predicted molar refractivity (Wildman–Crippen MR) is 71.3 cm³/mol. The van der Waals surface area contributed by atoms with Crippen molar-refractivity contribution in [3.63, 3.8) is 0 Å². The average molecular weight is 214 g/mol. The van der Waals surface area contributed by atoms with Crippen LogP contribution in [0.25, 0.3) is 0 Å². The fourth-order valence-electron chi connectivity index (χ4n) is 1.44. The Balaban J connectivity index is 2.94. The van der Waals surface area contributed by atoms with Crippen molar-refractivity contribution in [3.05, 3.63) is 53.8 Å². The second-order valence-electron chi connectivity index (χ2n) is 4.04. The van der Waals surface area contributed by atoms with Gasteiger partial charge in [0.2, 0.25) is 0 Å². The van der Waals surface area contributed by atoms with Crippen LogP contribution in [-0.2, 0) is 0 Å². The fourth-order valence-corrected chi connectivity index (χ4v) is 1.44. The van der Waals surface area contributed by atoms with E-state index in [0.29, 0.717) is 5.71 Å². The van der Waals surface area contributed by atoms with Crippen LogP contribution in [0.2, 0.25) is 0 Å². The van der Waals surface area contributed by atoms with Crippen LogP contribution in [0.3, 0.4) is 0 Å². The molecule has 0 heterocycles. The highest BCUT2D eigenvalue weighted by Gasteiger charge is 2.02. The van der Waals surface area contributed by atoms with Gasteiger partial charge in [0.05, 0.1) is 0 Å². The monoisotopic (exact) mass is 214 g/mol. The fraction of sp³-hybridized carbons (Fsp3) is 0.214. The molecule has 2 heteroatoms. The largest absolute Gasteiger partial charge is 0.356 e. The maximum Gasteiger partial charge on any atom is 0.0387 e. The molecule has 2 N–H and O–H groups in total. The zero-order chi connectivity index (χ0) is 12.3. The lowest BCUT2D eigenvalue weighted by Gasteiger charge is -2.11. The van der Waals surface area contributed by atoms with E-state index in [0.717, 1.165) is 28.1 Å². The summed E-state index contributed by atoms with van der Waals surface area (Å²) in [4.78, 5) is 0. The molecule has 1 aromatic rings. The van der Waals surface area contributed by atoms with Crippen molar-refractivity contribution in [1.29, 1.82) is 5.41 Å². The SMILES string of the molecule is C=C(C)C(=C)Nc1ccc(C(C)=N)c(C)c1. The van der Waals surface area contributed by atoms with Crippen LogP contribution >= 0.6 is 0 Å². The molecule has 0 fully saturated rings. The van der Waals surface area contributed by atoms with Crippen LogP contribution in [0.5, 0.6) is 0 Å². The Morgan fingerprint density at radius 2 is 1.88 bits per heavy atom. The van der Waals surface area contributed by atoms with E-state index >= 15 is 0 Å². The Morgan fingerprint density at radius 1 is 1.25 bits per heavy atom. The van der Waals surface area contributed by atoms with E-state index in [2.05, 4.69) is 18.5 Å². The molecule has 0 radical (unpaired) electrons. The van der Waals surface area contributed by atoms with Gasteiger partial charge in [-0.2, -0.15) is 0 Å². The van der Waals surface area contributed by atoms with Gasteiger partial charge in [0.25, 0.3) is 0 Å². The van der Waals surface area contributed by atoms with E-state index in [1.807, 2.05) is 32.0 Å². The highest BCUT2D eigenvalue weighted by Crippen LogP contribution is 2.18. The molecule has 16 heavy (non-hydrogen) atoms. The van der Waals surface area contributed by atoms with Crippen LogP contribution in [0.15, 0.2) is 42.6 Å². The Hall–Kier alpha value is -1.83. The first-order valence-corrected chi connectivity index (χ1v) is 5.20. The topological polar surface area (TPSA) is 35.9 Å². The summed E-state index contributed by atoms with van der Waals surface area (Å²) in [7, 11) is 0. The molecule has 0 spiro atoms. The zero-order valence-electron chi connectivity index (χ0n) is 10.1. The van der Waals surface area contributed by atoms with E-state index in [1.165, 1.54) is 0 Å². The molecule has 0 bridgehead atoms. The Morgan fingerprint density at radius 3 is 2.31 bits per heavy atom. The standard InChI is InChI=1S/C14H18N2/c1-9(2)12(5)16-13-6-7-14(11(4)15)10(3)8-13/h6-8,15-16H,1,5H2,2-4H3. The normalized spacial score (nSPS) is 9.69. The van der Waals surface area contributed by atoms with Crippen molar-refractivity contribution in [2.45, 2.75) is 20.8 Å². The van der Waals surface area contributed by atoms with E-state index in [4.69, 9.17) is 5.41 Å². The minimum absolute atomic E-state index is 0.586. The molecule has 0 aromatic heterocycles. The number of hydrogen-bond donors (Lipinski definition) is 2. The van der Waals surface area contributed by atoms with Crippen molar-refractivity contribution in [1.82, 2.24) is 0 Å². The van der Waals surface area contributed by atoms with Gasteiger partial charge in [0.15, 0.2) is 0 Å². The van der Waals surface area contributed by atoms with E-state index in [1.54, 1.807) is 6.92 Å². The summed E-state index contributed by atoms with van der Waals surface area (Å²) in [5, 5.41) is 10.8. The van der Waals surface area contributed by atoms with Crippen molar-refractivity contribution in [2.24, 2.45) is 0 Å².